The van der Waals surface area contributed by atoms with Crippen molar-refractivity contribution in [3.8, 4) is 6.07 Å². The zero-order valence-corrected chi connectivity index (χ0v) is 18.2. The van der Waals surface area contributed by atoms with Crippen molar-refractivity contribution in [2.75, 3.05) is 6.61 Å². The molecule has 2 atom stereocenters. The fourth-order valence-corrected chi connectivity index (χ4v) is 4.51. The second-order valence-electron chi connectivity index (χ2n) is 7.22. The monoisotopic (exact) mass is 423 g/mol. The number of pyridine rings is 1. The molecule has 0 spiro atoms. The number of nitriles is 1. The normalized spacial score (nSPS) is 16.1. The van der Waals surface area contributed by atoms with E-state index in [2.05, 4.69) is 28.5 Å². The number of rotatable bonds is 6. The summed E-state index contributed by atoms with van der Waals surface area (Å²) in [6.07, 6.45) is 2.99. The highest BCUT2D eigenvalue weighted by molar-refractivity contribution is 8.00. The Labute approximate surface area is 181 Å². The first-order valence-corrected chi connectivity index (χ1v) is 11.0. The molecule has 1 aliphatic rings. The molecule has 1 aromatic carbocycles. The van der Waals surface area contributed by atoms with Crippen LogP contribution >= 0.6 is 11.8 Å². The topological polar surface area (TPSA) is 92.1 Å². The van der Waals surface area contributed by atoms with Crippen LogP contribution in [-0.4, -0.2) is 28.7 Å². The summed E-state index contributed by atoms with van der Waals surface area (Å²) in [7, 11) is 0. The van der Waals surface area contributed by atoms with E-state index in [1.54, 1.807) is 20.8 Å². The van der Waals surface area contributed by atoms with Gasteiger partial charge in [-0.05, 0) is 57.2 Å². The van der Waals surface area contributed by atoms with Crippen molar-refractivity contribution in [2.24, 2.45) is 0 Å². The third-order valence-corrected chi connectivity index (χ3v) is 6.24. The largest absolute Gasteiger partial charge is 0.462 e. The number of hydrogen-bond donors (Lipinski definition) is 1. The summed E-state index contributed by atoms with van der Waals surface area (Å²) < 4.78 is 5.02. The van der Waals surface area contributed by atoms with E-state index < -0.39 is 11.2 Å². The molecule has 0 saturated carbocycles. The highest BCUT2D eigenvalue weighted by Crippen LogP contribution is 2.31. The number of nitrogens with zero attached hydrogens (tertiary/aromatic N) is 2. The highest BCUT2D eigenvalue weighted by atomic mass is 32.2. The zero-order valence-electron chi connectivity index (χ0n) is 17.4. The van der Waals surface area contributed by atoms with Crippen LogP contribution in [-0.2, 0) is 16.0 Å². The SMILES string of the molecule is CCOC(=O)c1cc(C#N)c(S[C@H](C)C(=O)N[C@H]2CCCc3ccccc32)nc1C. The van der Waals surface area contributed by atoms with Crippen LogP contribution in [0.5, 0.6) is 0 Å². The van der Waals surface area contributed by atoms with E-state index in [-0.39, 0.29) is 29.7 Å². The van der Waals surface area contributed by atoms with Gasteiger partial charge in [-0.1, -0.05) is 36.0 Å². The Morgan fingerprint density at radius 1 is 1.40 bits per heavy atom. The summed E-state index contributed by atoms with van der Waals surface area (Å²) in [6.45, 7) is 5.46. The third-order valence-electron chi connectivity index (χ3n) is 5.14. The number of benzene rings is 1. The summed E-state index contributed by atoms with van der Waals surface area (Å²) in [4.78, 5) is 29.3. The minimum Gasteiger partial charge on any atom is -0.462 e. The molecule has 0 radical (unpaired) electrons. The Morgan fingerprint density at radius 3 is 2.90 bits per heavy atom. The van der Waals surface area contributed by atoms with Gasteiger partial charge in [0.2, 0.25) is 5.91 Å². The second kappa shape index (κ2) is 9.77. The van der Waals surface area contributed by atoms with Gasteiger partial charge < -0.3 is 10.1 Å². The van der Waals surface area contributed by atoms with Crippen molar-refractivity contribution < 1.29 is 14.3 Å². The standard InChI is InChI=1S/C23H25N3O3S/c1-4-29-23(28)19-12-17(13-24)22(25-14(19)2)30-15(3)21(27)26-20-11-7-9-16-8-5-6-10-18(16)20/h5-6,8,10,12,15,20H,4,7,9,11H2,1-3H3,(H,26,27)/t15-,20+/m1/s1. The van der Waals surface area contributed by atoms with Crippen molar-refractivity contribution in [1.29, 1.82) is 5.26 Å². The Bertz CT molecular complexity index is 1000. The Morgan fingerprint density at radius 2 is 2.17 bits per heavy atom. The lowest BCUT2D eigenvalue weighted by Crippen LogP contribution is -2.36. The van der Waals surface area contributed by atoms with Gasteiger partial charge in [-0.2, -0.15) is 5.26 Å². The average Bonchev–Trinajstić information content (AvgIpc) is 2.74. The fraction of sp³-hybridized carbons (Fsp3) is 0.391. The van der Waals surface area contributed by atoms with Gasteiger partial charge in [0.25, 0.3) is 0 Å². The smallest absolute Gasteiger partial charge is 0.340 e. The summed E-state index contributed by atoms with van der Waals surface area (Å²) in [5.41, 5.74) is 3.47. The van der Waals surface area contributed by atoms with E-state index in [1.807, 2.05) is 12.1 Å². The predicted octanol–water partition coefficient (Wildman–Crippen LogP) is 4.11. The maximum Gasteiger partial charge on any atom is 0.340 e. The molecule has 0 fully saturated rings. The van der Waals surface area contributed by atoms with Crippen LogP contribution in [0.1, 0.15) is 65.5 Å². The van der Waals surface area contributed by atoms with Crippen LogP contribution in [0.15, 0.2) is 35.4 Å². The molecule has 0 aliphatic heterocycles. The second-order valence-corrected chi connectivity index (χ2v) is 8.55. The molecule has 7 heteroatoms. The Kier molecular flexibility index (Phi) is 7.11. The van der Waals surface area contributed by atoms with Crippen LogP contribution in [0.2, 0.25) is 0 Å². The maximum absolute atomic E-state index is 12.9. The lowest BCUT2D eigenvalue weighted by molar-refractivity contribution is -0.121. The van der Waals surface area contributed by atoms with Gasteiger partial charge in [-0.15, -0.1) is 0 Å². The Hall–Kier alpha value is -2.85. The van der Waals surface area contributed by atoms with Crippen molar-refractivity contribution in [3.05, 3.63) is 58.3 Å². The van der Waals surface area contributed by atoms with E-state index >= 15 is 0 Å². The summed E-state index contributed by atoms with van der Waals surface area (Å²) in [5, 5.41) is 12.7. The minimum atomic E-state index is -0.502. The number of aryl methyl sites for hydroxylation is 2. The number of thioether (sulfide) groups is 1. The first kappa shape index (κ1) is 21.8. The highest BCUT2D eigenvalue weighted by Gasteiger charge is 2.25. The van der Waals surface area contributed by atoms with Crippen molar-refractivity contribution in [3.63, 3.8) is 0 Å². The quantitative estimate of drug-likeness (QED) is 0.555. The van der Waals surface area contributed by atoms with E-state index in [1.165, 1.54) is 29.0 Å². The molecule has 156 valence electrons. The van der Waals surface area contributed by atoms with Crippen LogP contribution in [0.4, 0.5) is 0 Å². The van der Waals surface area contributed by atoms with Crippen LogP contribution in [0, 0.1) is 18.3 Å². The van der Waals surface area contributed by atoms with Gasteiger partial charge in [0.15, 0.2) is 0 Å². The number of esters is 1. The Balaban J connectivity index is 1.74. The van der Waals surface area contributed by atoms with E-state index in [0.717, 1.165) is 19.3 Å². The van der Waals surface area contributed by atoms with Crippen LogP contribution in [0.3, 0.4) is 0 Å². The third kappa shape index (κ3) is 4.82. The number of amides is 1. The van der Waals surface area contributed by atoms with Crippen LogP contribution in [0.25, 0.3) is 0 Å². The molecule has 1 N–H and O–H groups in total. The molecule has 3 rings (SSSR count). The zero-order chi connectivity index (χ0) is 21.7. The molecule has 1 amide bonds. The molecule has 0 saturated heterocycles. The van der Waals surface area contributed by atoms with Crippen molar-refractivity contribution in [1.82, 2.24) is 10.3 Å². The van der Waals surface area contributed by atoms with Gasteiger partial charge in [-0.25, -0.2) is 9.78 Å². The summed E-state index contributed by atoms with van der Waals surface area (Å²) in [5.74, 6) is -0.600. The van der Waals surface area contributed by atoms with E-state index in [4.69, 9.17) is 4.74 Å². The molecule has 1 aliphatic carbocycles. The summed E-state index contributed by atoms with van der Waals surface area (Å²) >= 11 is 1.22. The number of aromatic nitrogens is 1. The van der Waals surface area contributed by atoms with Gasteiger partial charge in [0, 0.05) is 0 Å². The average molecular weight is 424 g/mol. The molecule has 30 heavy (non-hydrogen) atoms. The van der Waals surface area contributed by atoms with Gasteiger partial charge in [-0.3, -0.25) is 4.79 Å². The summed E-state index contributed by atoms with van der Waals surface area (Å²) in [6, 6.07) is 11.8. The molecular weight excluding hydrogens is 398 g/mol. The number of nitrogens with one attached hydrogen (secondary N) is 1. The first-order valence-electron chi connectivity index (χ1n) is 10.1. The van der Waals surface area contributed by atoms with Gasteiger partial charge >= 0.3 is 5.97 Å². The number of carbonyl (C=O) groups excluding carboxylic acids is 2. The first-order chi connectivity index (χ1) is 14.4. The molecule has 6 nitrogen and oxygen atoms in total. The lowest BCUT2D eigenvalue weighted by atomic mass is 9.88. The molecule has 0 unspecified atom stereocenters. The fourth-order valence-electron chi connectivity index (χ4n) is 3.58. The maximum atomic E-state index is 12.9. The molecule has 1 heterocycles. The molecule has 2 aromatic rings. The molecule has 0 bridgehead atoms. The number of ether oxygens (including phenoxy) is 1. The molecule has 1 aromatic heterocycles. The molecular formula is C23H25N3O3S. The minimum absolute atomic E-state index is 0.00169. The van der Waals surface area contributed by atoms with Gasteiger partial charge in [0.1, 0.15) is 11.1 Å². The van der Waals surface area contributed by atoms with Crippen LogP contribution < -0.4 is 5.32 Å². The van der Waals surface area contributed by atoms with E-state index in [9.17, 15) is 14.9 Å². The number of carbonyl (C=O) groups is 2. The lowest BCUT2D eigenvalue weighted by Gasteiger charge is -2.27. The van der Waals surface area contributed by atoms with Crippen molar-refractivity contribution in [2.45, 2.75) is 56.4 Å². The number of fused-ring (bicyclic) bond motifs is 1. The van der Waals surface area contributed by atoms with E-state index in [0.29, 0.717) is 10.7 Å². The van der Waals surface area contributed by atoms with Gasteiger partial charge in [0.05, 0.1) is 34.7 Å². The predicted molar refractivity (Wildman–Crippen MR) is 115 cm³/mol. The number of hydrogen-bond acceptors (Lipinski definition) is 6. The van der Waals surface area contributed by atoms with Crippen molar-refractivity contribution >= 4 is 23.6 Å².